The van der Waals surface area contributed by atoms with Crippen LogP contribution in [0.15, 0.2) is 35.4 Å². The van der Waals surface area contributed by atoms with Gasteiger partial charge in [-0.05, 0) is 53.7 Å². The molecule has 11 heteroatoms. The highest BCUT2D eigenvalue weighted by Crippen LogP contribution is 2.46. The standard InChI is InChI=1S/C22H29N3O6S2/c1-14-8-10-15(11-9-14)33(28,29)24-12-16(19(26)30-7)23-18(24)17-13-32-22(5,6)25(17)20(27)31-21(2,3)4/h8-12,17H,13H2,1-7H3/t17-/m0/s1. The minimum atomic E-state index is -4.11. The minimum absolute atomic E-state index is 0.0388. The Hall–Kier alpha value is -2.53. The Labute approximate surface area is 198 Å². The molecule has 1 aliphatic rings. The number of esters is 1. The zero-order valence-electron chi connectivity index (χ0n) is 19.8. The maximum absolute atomic E-state index is 13.5. The van der Waals surface area contributed by atoms with E-state index in [9.17, 15) is 18.0 Å². The van der Waals surface area contributed by atoms with Crippen molar-refractivity contribution in [3.8, 4) is 0 Å². The number of methoxy groups -OCH3 is 1. The topological polar surface area (TPSA) is 108 Å². The first kappa shape index (κ1) is 25.1. The SMILES string of the molecule is COC(=O)c1cn(S(=O)(=O)c2ccc(C)cc2)c([C@@H]2CSC(C)(C)N2C(=O)OC(C)(C)C)n1. The van der Waals surface area contributed by atoms with E-state index in [1.165, 1.54) is 35.9 Å². The first-order valence-corrected chi connectivity index (χ1v) is 12.8. The molecule has 3 rings (SSSR count). The van der Waals surface area contributed by atoms with Gasteiger partial charge in [-0.1, -0.05) is 17.7 Å². The zero-order chi connectivity index (χ0) is 24.8. The maximum atomic E-state index is 13.5. The predicted molar refractivity (Wildman–Crippen MR) is 125 cm³/mol. The van der Waals surface area contributed by atoms with E-state index in [-0.39, 0.29) is 16.4 Å². The first-order valence-electron chi connectivity index (χ1n) is 10.3. The molecular formula is C22H29N3O6S2. The highest BCUT2D eigenvalue weighted by molar-refractivity contribution is 8.00. The average Bonchev–Trinajstić information content (AvgIpc) is 3.27. The Bertz CT molecular complexity index is 1160. The van der Waals surface area contributed by atoms with E-state index >= 15 is 0 Å². The van der Waals surface area contributed by atoms with Crippen LogP contribution in [0.5, 0.6) is 0 Å². The number of aromatic nitrogens is 2. The highest BCUT2D eigenvalue weighted by Gasteiger charge is 2.48. The third kappa shape index (κ3) is 5.03. The smallest absolute Gasteiger partial charge is 0.412 e. The van der Waals surface area contributed by atoms with Crippen molar-refractivity contribution in [2.24, 2.45) is 0 Å². The molecule has 0 saturated carbocycles. The number of nitrogens with zero attached hydrogens (tertiary/aromatic N) is 3. The summed E-state index contributed by atoms with van der Waals surface area (Å²) in [5.74, 6) is -0.365. The molecule has 0 N–H and O–H groups in total. The van der Waals surface area contributed by atoms with Crippen LogP contribution in [0.2, 0.25) is 0 Å². The number of ether oxygens (including phenoxy) is 2. The van der Waals surface area contributed by atoms with Gasteiger partial charge in [0, 0.05) is 5.75 Å². The van der Waals surface area contributed by atoms with Crippen molar-refractivity contribution in [2.75, 3.05) is 12.9 Å². The summed E-state index contributed by atoms with van der Waals surface area (Å²) in [7, 11) is -2.92. The number of hydrogen-bond acceptors (Lipinski definition) is 8. The summed E-state index contributed by atoms with van der Waals surface area (Å²) in [6.45, 7) is 10.8. The number of benzene rings is 1. The van der Waals surface area contributed by atoms with Crippen LogP contribution < -0.4 is 0 Å². The molecule has 1 aromatic carbocycles. The molecule has 2 heterocycles. The lowest BCUT2D eigenvalue weighted by molar-refractivity contribution is 0.00862. The number of carbonyl (C=O) groups is 2. The fraction of sp³-hybridized carbons (Fsp3) is 0.500. The molecule has 0 unspecified atom stereocenters. The maximum Gasteiger partial charge on any atom is 0.412 e. The van der Waals surface area contributed by atoms with Gasteiger partial charge in [-0.25, -0.2) is 27.0 Å². The molecule has 1 atom stereocenters. The van der Waals surface area contributed by atoms with Gasteiger partial charge in [-0.3, -0.25) is 4.90 Å². The molecule has 1 fully saturated rings. The van der Waals surface area contributed by atoms with Crippen LogP contribution in [0.1, 0.15) is 62.5 Å². The molecule has 0 bridgehead atoms. The molecule has 1 aliphatic heterocycles. The number of aryl methyl sites for hydroxylation is 1. The summed E-state index contributed by atoms with van der Waals surface area (Å²) in [6, 6.07) is 5.60. The lowest BCUT2D eigenvalue weighted by atomic mass is 10.2. The van der Waals surface area contributed by atoms with Crippen molar-refractivity contribution in [3.05, 3.63) is 47.5 Å². The summed E-state index contributed by atoms with van der Waals surface area (Å²) in [5.41, 5.74) is -0.00642. The van der Waals surface area contributed by atoms with Gasteiger partial charge in [0.05, 0.1) is 23.1 Å². The number of carbonyl (C=O) groups excluding carboxylic acids is 2. The quantitative estimate of drug-likeness (QED) is 0.586. The normalized spacial score (nSPS) is 18.3. The van der Waals surface area contributed by atoms with E-state index in [0.717, 1.165) is 15.7 Å². The van der Waals surface area contributed by atoms with Crippen molar-refractivity contribution in [2.45, 2.75) is 63.0 Å². The van der Waals surface area contributed by atoms with E-state index in [1.807, 2.05) is 20.8 Å². The fourth-order valence-electron chi connectivity index (χ4n) is 3.47. The molecule has 1 amide bonds. The number of thioether (sulfide) groups is 1. The molecule has 9 nitrogen and oxygen atoms in total. The second kappa shape index (κ2) is 8.68. The van der Waals surface area contributed by atoms with Crippen molar-refractivity contribution in [1.82, 2.24) is 13.9 Å². The highest BCUT2D eigenvalue weighted by atomic mass is 32.2. The lowest BCUT2D eigenvalue weighted by Gasteiger charge is -2.35. The van der Waals surface area contributed by atoms with Gasteiger partial charge in [0.15, 0.2) is 5.69 Å². The largest absolute Gasteiger partial charge is 0.464 e. The van der Waals surface area contributed by atoms with Gasteiger partial charge < -0.3 is 9.47 Å². The van der Waals surface area contributed by atoms with Gasteiger partial charge in [-0.15, -0.1) is 11.8 Å². The number of amides is 1. The van der Waals surface area contributed by atoms with E-state index in [1.54, 1.807) is 32.9 Å². The van der Waals surface area contributed by atoms with Crippen molar-refractivity contribution in [3.63, 3.8) is 0 Å². The Morgan fingerprint density at radius 3 is 2.33 bits per heavy atom. The first-order chi connectivity index (χ1) is 15.2. The minimum Gasteiger partial charge on any atom is -0.464 e. The summed E-state index contributed by atoms with van der Waals surface area (Å²) in [4.78, 5) is 30.5. The predicted octanol–water partition coefficient (Wildman–Crippen LogP) is 3.98. The molecule has 33 heavy (non-hydrogen) atoms. The average molecular weight is 496 g/mol. The Morgan fingerprint density at radius 2 is 1.79 bits per heavy atom. The monoisotopic (exact) mass is 495 g/mol. The molecule has 0 spiro atoms. The van der Waals surface area contributed by atoms with Gasteiger partial charge in [0.25, 0.3) is 10.0 Å². The number of hydrogen-bond donors (Lipinski definition) is 0. The van der Waals surface area contributed by atoms with Crippen molar-refractivity contribution in [1.29, 1.82) is 0 Å². The second-order valence-electron chi connectivity index (χ2n) is 9.21. The summed E-state index contributed by atoms with van der Waals surface area (Å²) in [6.07, 6.45) is 0.545. The van der Waals surface area contributed by atoms with Gasteiger partial charge >= 0.3 is 12.1 Å². The van der Waals surface area contributed by atoms with E-state index < -0.39 is 38.6 Å². The van der Waals surface area contributed by atoms with Gasteiger partial charge in [-0.2, -0.15) is 0 Å². The molecule has 180 valence electrons. The van der Waals surface area contributed by atoms with Gasteiger partial charge in [0.1, 0.15) is 17.5 Å². The van der Waals surface area contributed by atoms with Crippen molar-refractivity contribution < 1.29 is 27.5 Å². The van der Waals surface area contributed by atoms with E-state index in [0.29, 0.717) is 5.75 Å². The Kier molecular flexibility index (Phi) is 6.60. The molecule has 1 aromatic heterocycles. The molecule has 0 aliphatic carbocycles. The summed E-state index contributed by atoms with van der Waals surface area (Å²) < 4.78 is 38.4. The fourth-order valence-corrected chi connectivity index (χ4v) is 6.03. The van der Waals surface area contributed by atoms with Crippen molar-refractivity contribution >= 4 is 33.8 Å². The van der Waals surface area contributed by atoms with Crippen LogP contribution >= 0.6 is 11.8 Å². The third-order valence-corrected chi connectivity index (χ3v) is 8.11. The zero-order valence-corrected chi connectivity index (χ0v) is 21.4. The molecular weight excluding hydrogens is 466 g/mol. The molecule has 0 radical (unpaired) electrons. The van der Waals surface area contributed by atoms with E-state index in [4.69, 9.17) is 9.47 Å². The van der Waals surface area contributed by atoms with Crippen LogP contribution in [0.25, 0.3) is 0 Å². The molecule has 2 aromatic rings. The Balaban J connectivity index is 2.17. The summed E-state index contributed by atoms with van der Waals surface area (Å²) >= 11 is 1.47. The van der Waals surface area contributed by atoms with E-state index in [2.05, 4.69) is 4.98 Å². The number of imidazole rings is 1. The molecule has 1 saturated heterocycles. The van der Waals surface area contributed by atoms with Crippen LogP contribution in [-0.2, 0) is 19.5 Å². The Morgan fingerprint density at radius 1 is 1.18 bits per heavy atom. The number of rotatable bonds is 4. The third-order valence-electron chi connectivity index (χ3n) is 5.05. The van der Waals surface area contributed by atoms with Gasteiger partial charge in [0.2, 0.25) is 0 Å². The van der Waals surface area contributed by atoms with Crippen LogP contribution in [0.3, 0.4) is 0 Å². The second-order valence-corrected chi connectivity index (χ2v) is 12.6. The van der Waals surface area contributed by atoms with Crippen LogP contribution in [0.4, 0.5) is 4.79 Å². The lowest BCUT2D eigenvalue weighted by Crippen LogP contribution is -2.46. The summed E-state index contributed by atoms with van der Waals surface area (Å²) in [5, 5.41) is 0. The van der Waals surface area contributed by atoms with Crippen LogP contribution in [0, 0.1) is 6.92 Å². The van der Waals surface area contributed by atoms with Crippen LogP contribution in [-0.4, -0.2) is 57.7 Å².